The van der Waals surface area contributed by atoms with Gasteiger partial charge in [-0.2, -0.15) is 0 Å². The standard InChI is InChI=1S/C71H137NO13/c1-3-5-7-9-11-13-15-17-18-19-20-21-22-23-24-25-26-27-28-29-30-31-32-33-34-35-36-37-38-39-40-41-42-43-45-47-49-51-53-55-63(76)72-59(60(75)54-52-50-48-46-44-16-14-12-10-8-6-4-2)58-82-70-68(81)66(79)69(62(57-74)84-70)85-71-67(80)65(78)64(77)61(56-73)83-71/h19-20,59-62,64-71,73-75,77-81H,3-18,21-58H2,1-2H3,(H,72,76)/b20-19-. The van der Waals surface area contributed by atoms with Crippen molar-refractivity contribution < 1.29 is 64.6 Å². The van der Waals surface area contributed by atoms with Gasteiger partial charge in [0.2, 0.25) is 5.91 Å². The Morgan fingerprint density at radius 2 is 0.741 bits per heavy atom. The highest BCUT2D eigenvalue weighted by Gasteiger charge is 2.51. The van der Waals surface area contributed by atoms with Gasteiger partial charge >= 0.3 is 0 Å². The minimum Gasteiger partial charge on any atom is -0.394 e. The van der Waals surface area contributed by atoms with Gasteiger partial charge in [-0.25, -0.2) is 0 Å². The molecule has 2 fully saturated rings. The zero-order valence-corrected chi connectivity index (χ0v) is 54.9. The van der Waals surface area contributed by atoms with E-state index in [-0.39, 0.29) is 12.5 Å². The van der Waals surface area contributed by atoms with E-state index in [1.165, 1.54) is 263 Å². The average molecular weight is 1210 g/mol. The van der Waals surface area contributed by atoms with Crippen LogP contribution in [0, 0.1) is 0 Å². The number of carbonyl (C=O) groups excluding carboxylic acids is 1. The van der Waals surface area contributed by atoms with Gasteiger partial charge in [-0.1, -0.05) is 309 Å². The van der Waals surface area contributed by atoms with Crippen LogP contribution in [0.2, 0.25) is 0 Å². The molecule has 0 spiro atoms. The van der Waals surface area contributed by atoms with Crippen molar-refractivity contribution in [3.8, 4) is 0 Å². The van der Waals surface area contributed by atoms with Crippen LogP contribution >= 0.6 is 0 Å². The van der Waals surface area contributed by atoms with Crippen LogP contribution in [0.3, 0.4) is 0 Å². The first-order valence-corrected chi connectivity index (χ1v) is 36.4. The fourth-order valence-electron chi connectivity index (χ4n) is 12.4. The summed E-state index contributed by atoms with van der Waals surface area (Å²) in [5.74, 6) is -0.200. The SMILES string of the molecule is CCCCCCCCCC/C=C\CCCCCCCCCCCCCCCCCCCCCCCCCCCCCC(=O)NC(COC1OC(CO)C(OC2OC(CO)C(O)C(O)C2O)C(O)C1O)C(O)CCCCCCCCCCCCCC. The molecule has 14 heteroatoms. The summed E-state index contributed by atoms with van der Waals surface area (Å²) in [7, 11) is 0. The normalized spacial score (nSPS) is 23.5. The second-order valence-corrected chi connectivity index (χ2v) is 26.1. The van der Waals surface area contributed by atoms with E-state index < -0.39 is 86.8 Å². The second-order valence-electron chi connectivity index (χ2n) is 26.1. The predicted octanol–water partition coefficient (Wildman–Crippen LogP) is 15.0. The number of ether oxygens (including phenoxy) is 4. The largest absolute Gasteiger partial charge is 0.394 e. The summed E-state index contributed by atoms with van der Waals surface area (Å²) in [6.07, 6.45) is 52.8. The molecule has 1 amide bonds. The van der Waals surface area contributed by atoms with Crippen LogP contribution in [0.4, 0.5) is 0 Å². The van der Waals surface area contributed by atoms with Gasteiger partial charge in [0.1, 0.15) is 48.8 Å². The highest BCUT2D eigenvalue weighted by Crippen LogP contribution is 2.30. The van der Waals surface area contributed by atoms with E-state index in [1.54, 1.807) is 0 Å². The van der Waals surface area contributed by atoms with Crippen molar-refractivity contribution in [3.63, 3.8) is 0 Å². The first-order chi connectivity index (χ1) is 41.6. The van der Waals surface area contributed by atoms with Crippen molar-refractivity contribution >= 4 is 5.91 Å². The summed E-state index contributed by atoms with van der Waals surface area (Å²) < 4.78 is 22.9. The van der Waals surface area contributed by atoms with Crippen LogP contribution < -0.4 is 5.32 Å². The van der Waals surface area contributed by atoms with E-state index >= 15 is 0 Å². The van der Waals surface area contributed by atoms with Crippen molar-refractivity contribution in [2.75, 3.05) is 19.8 Å². The molecule has 0 aromatic heterocycles. The smallest absolute Gasteiger partial charge is 0.220 e. The first-order valence-electron chi connectivity index (χ1n) is 36.4. The maximum Gasteiger partial charge on any atom is 0.220 e. The Kier molecular flexibility index (Phi) is 53.2. The first kappa shape index (κ1) is 79.8. The number of aliphatic hydroxyl groups is 8. The van der Waals surface area contributed by atoms with Crippen LogP contribution in [-0.2, 0) is 23.7 Å². The van der Waals surface area contributed by atoms with Gasteiger partial charge in [0.05, 0.1) is 32.0 Å². The quantitative estimate of drug-likeness (QED) is 0.0204. The summed E-state index contributed by atoms with van der Waals surface area (Å²) >= 11 is 0. The molecule has 2 heterocycles. The monoisotopic (exact) mass is 1210 g/mol. The molecular formula is C71H137NO13. The Morgan fingerprint density at radius 3 is 1.12 bits per heavy atom. The van der Waals surface area contributed by atoms with Gasteiger partial charge in [-0.3, -0.25) is 4.79 Å². The molecule has 12 unspecified atom stereocenters. The van der Waals surface area contributed by atoms with Gasteiger partial charge < -0.3 is 65.1 Å². The Balaban J connectivity index is 1.52. The van der Waals surface area contributed by atoms with E-state index in [4.69, 9.17) is 18.9 Å². The predicted molar refractivity (Wildman–Crippen MR) is 346 cm³/mol. The molecule has 14 nitrogen and oxygen atoms in total. The lowest BCUT2D eigenvalue weighted by Gasteiger charge is -2.46. The van der Waals surface area contributed by atoms with Crippen molar-refractivity contribution in [1.82, 2.24) is 5.32 Å². The number of allylic oxidation sites excluding steroid dienone is 2. The molecule has 0 aliphatic carbocycles. The molecule has 2 saturated heterocycles. The van der Waals surface area contributed by atoms with Crippen LogP contribution in [-0.4, -0.2) is 140 Å². The Bertz CT molecular complexity index is 1470. The van der Waals surface area contributed by atoms with Gasteiger partial charge in [-0.05, 0) is 38.5 Å². The number of nitrogens with one attached hydrogen (secondary N) is 1. The molecule has 504 valence electrons. The van der Waals surface area contributed by atoms with Crippen molar-refractivity contribution in [2.45, 2.75) is 415 Å². The maximum absolute atomic E-state index is 13.3. The lowest BCUT2D eigenvalue weighted by Crippen LogP contribution is -2.65. The lowest BCUT2D eigenvalue weighted by atomic mass is 9.97. The molecule has 0 saturated carbocycles. The molecule has 12 atom stereocenters. The zero-order valence-electron chi connectivity index (χ0n) is 54.9. The third-order valence-electron chi connectivity index (χ3n) is 18.2. The fourth-order valence-corrected chi connectivity index (χ4v) is 12.4. The number of carbonyl (C=O) groups is 1. The number of aliphatic hydroxyl groups excluding tert-OH is 8. The molecule has 0 aromatic rings. The highest BCUT2D eigenvalue weighted by atomic mass is 16.7. The van der Waals surface area contributed by atoms with E-state index in [0.717, 1.165) is 51.4 Å². The Morgan fingerprint density at radius 1 is 0.412 bits per heavy atom. The second kappa shape index (κ2) is 56.7. The maximum atomic E-state index is 13.3. The van der Waals surface area contributed by atoms with Crippen LogP contribution in [0.25, 0.3) is 0 Å². The molecule has 2 aliphatic heterocycles. The van der Waals surface area contributed by atoms with Gasteiger partial charge in [0, 0.05) is 6.42 Å². The number of rotatable bonds is 61. The molecule has 0 radical (unpaired) electrons. The molecule has 2 aliphatic rings. The molecule has 9 N–H and O–H groups in total. The Hall–Kier alpha value is -1.27. The van der Waals surface area contributed by atoms with Gasteiger partial charge in [0.25, 0.3) is 0 Å². The van der Waals surface area contributed by atoms with Crippen LogP contribution in [0.15, 0.2) is 12.2 Å². The van der Waals surface area contributed by atoms with E-state index in [2.05, 4.69) is 31.3 Å². The van der Waals surface area contributed by atoms with Crippen molar-refractivity contribution in [1.29, 1.82) is 0 Å². The van der Waals surface area contributed by atoms with Crippen molar-refractivity contribution in [2.24, 2.45) is 0 Å². The summed E-state index contributed by atoms with van der Waals surface area (Å²) in [5.41, 5.74) is 0. The van der Waals surface area contributed by atoms with Gasteiger partial charge in [0.15, 0.2) is 12.6 Å². The molecule has 0 bridgehead atoms. The third kappa shape index (κ3) is 41.0. The lowest BCUT2D eigenvalue weighted by molar-refractivity contribution is -0.359. The Labute approximate surface area is 520 Å². The van der Waals surface area contributed by atoms with Crippen molar-refractivity contribution in [3.05, 3.63) is 12.2 Å². The minimum absolute atomic E-state index is 0.200. The fraction of sp³-hybridized carbons (Fsp3) is 0.958. The third-order valence-corrected chi connectivity index (χ3v) is 18.2. The minimum atomic E-state index is -1.78. The van der Waals surface area contributed by atoms with E-state index in [0.29, 0.717) is 12.8 Å². The summed E-state index contributed by atoms with van der Waals surface area (Å²) in [5, 5.41) is 87.4. The number of amides is 1. The summed E-state index contributed by atoms with van der Waals surface area (Å²) in [6.45, 7) is 2.89. The molecule has 2 rings (SSSR count). The van der Waals surface area contributed by atoms with Gasteiger partial charge in [-0.15, -0.1) is 0 Å². The van der Waals surface area contributed by atoms with E-state index in [1.807, 2.05) is 0 Å². The molecular weight excluding hydrogens is 1070 g/mol. The van der Waals surface area contributed by atoms with Crippen LogP contribution in [0.1, 0.15) is 341 Å². The highest BCUT2D eigenvalue weighted by molar-refractivity contribution is 5.76. The topological polar surface area (TPSA) is 228 Å². The molecule has 0 aromatic carbocycles. The summed E-state index contributed by atoms with van der Waals surface area (Å²) in [6, 6.07) is -0.824. The average Bonchev–Trinajstić information content (AvgIpc) is 3.60. The number of unbranched alkanes of at least 4 members (excludes halogenated alkanes) is 46. The summed E-state index contributed by atoms with van der Waals surface area (Å²) in [4.78, 5) is 13.3. The number of hydrogen-bond donors (Lipinski definition) is 9. The number of hydrogen-bond acceptors (Lipinski definition) is 13. The zero-order chi connectivity index (χ0) is 61.6. The molecule has 85 heavy (non-hydrogen) atoms. The van der Waals surface area contributed by atoms with E-state index in [9.17, 15) is 45.6 Å². The van der Waals surface area contributed by atoms with Crippen LogP contribution in [0.5, 0.6) is 0 Å².